The highest BCUT2D eigenvalue weighted by atomic mass is 32.2. The van der Waals surface area contributed by atoms with Crippen molar-refractivity contribution in [1.82, 2.24) is 19.9 Å². The quantitative estimate of drug-likeness (QED) is 0.549. The molecule has 2 heterocycles. The first-order chi connectivity index (χ1) is 6.81. The van der Waals surface area contributed by atoms with Gasteiger partial charge in [-0.1, -0.05) is 11.8 Å². The molecule has 0 aliphatic heterocycles. The summed E-state index contributed by atoms with van der Waals surface area (Å²) >= 11 is 1.31. The highest BCUT2D eigenvalue weighted by Crippen LogP contribution is 2.22. The van der Waals surface area contributed by atoms with Crippen molar-refractivity contribution in [3.05, 3.63) is 6.33 Å². The fraction of sp³-hybridized carbons (Fsp3) is 0.143. The molecular formula is C7H6N6S. The van der Waals surface area contributed by atoms with E-state index in [1.165, 1.54) is 18.1 Å². The van der Waals surface area contributed by atoms with Crippen LogP contribution in [0.2, 0.25) is 0 Å². The van der Waals surface area contributed by atoms with E-state index in [0.717, 1.165) is 5.52 Å². The Morgan fingerprint density at radius 1 is 1.57 bits per heavy atom. The Kier molecular flexibility index (Phi) is 2.20. The van der Waals surface area contributed by atoms with Crippen molar-refractivity contribution >= 4 is 28.9 Å². The molecule has 0 amide bonds. The molecule has 2 rings (SSSR count). The lowest BCUT2D eigenvalue weighted by molar-refractivity contribution is 1.10. The molecule has 2 aromatic heterocycles. The second-order valence-electron chi connectivity index (χ2n) is 2.43. The Balaban J connectivity index is 2.51. The van der Waals surface area contributed by atoms with Gasteiger partial charge in [0.25, 0.3) is 0 Å². The number of H-pyrrole nitrogens is 1. The predicted octanol–water partition coefficient (Wildman–Crippen LogP) is 0.551. The molecule has 6 nitrogen and oxygen atoms in total. The van der Waals surface area contributed by atoms with Gasteiger partial charge in [-0.25, -0.2) is 9.97 Å². The van der Waals surface area contributed by atoms with Crippen LogP contribution in [0.5, 0.6) is 0 Å². The van der Waals surface area contributed by atoms with Crippen molar-refractivity contribution in [2.45, 2.75) is 5.03 Å². The molecule has 0 atom stereocenters. The van der Waals surface area contributed by atoms with Gasteiger partial charge in [0.15, 0.2) is 5.65 Å². The zero-order valence-electron chi connectivity index (χ0n) is 7.06. The van der Waals surface area contributed by atoms with Gasteiger partial charge in [-0.05, 0) is 0 Å². The number of hydrogen-bond acceptors (Lipinski definition) is 6. The average molecular weight is 206 g/mol. The molecule has 0 saturated carbocycles. The van der Waals surface area contributed by atoms with E-state index in [4.69, 9.17) is 11.0 Å². The van der Waals surface area contributed by atoms with Crippen LogP contribution < -0.4 is 5.73 Å². The topological polar surface area (TPSA) is 104 Å². The standard InChI is InChI=1S/C7H6N6S/c8-1-2-14-6-4-5(11-3-10-4)12-7(9)13-6/h3H,2H2,(H3,9,10,11,12,13). The van der Waals surface area contributed by atoms with E-state index < -0.39 is 0 Å². The Labute approximate surface area is 83.6 Å². The Morgan fingerprint density at radius 3 is 3.21 bits per heavy atom. The summed E-state index contributed by atoms with van der Waals surface area (Å²) in [7, 11) is 0. The third-order valence-electron chi connectivity index (χ3n) is 1.54. The highest BCUT2D eigenvalue weighted by Gasteiger charge is 2.08. The summed E-state index contributed by atoms with van der Waals surface area (Å²) in [5.74, 6) is 0.495. The van der Waals surface area contributed by atoms with Gasteiger partial charge in [-0.15, -0.1) is 0 Å². The van der Waals surface area contributed by atoms with Crippen LogP contribution in [0.1, 0.15) is 0 Å². The van der Waals surface area contributed by atoms with Gasteiger partial charge in [0.05, 0.1) is 18.1 Å². The monoisotopic (exact) mass is 206 g/mol. The zero-order chi connectivity index (χ0) is 9.97. The fourth-order valence-electron chi connectivity index (χ4n) is 1.03. The molecule has 2 aromatic rings. The minimum absolute atomic E-state index is 0.171. The smallest absolute Gasteiger partial charge is 0.223 e. The number of hydrogen-bond donors (Lipinski definition) is 2. The van der Waals surface area contributed by atoms with Gasteiger partial charge in [-0.3, -0.25) is 0 Å². The lowest BCUT2D eigenvalue weighted by atomic mass is 10.5. The molecule has 0 fully saturated rings. The summed E-state index contributed by atoms with van der Waals surface area (Å²) in [5, 5.41) is 9.11. The molecule has 0 radical (unpaired) electrons. The lowest BCUT2D eigenvalue weighted by Crippen LogP contribution is -1.97. The maximum absolute atomic E-state index is 8.45. The summed E-state index contributed by atoms with van der Waals surface area (Å²) in [6, 6.07) is 2.02. The van der Waals surface area contributed by atoms with Gasteiger partial charge < -0.3 is 10.7 Å². The average Bonchev–Trinajstić information content (AvgIpc) is 2.61. The number of anilines is 1. The molecule has 7 heteroatoms. The molecule has 70 valence electrons. The number of nitriles is 1. The molecule has 0 aliphatic carbocycles. The van der Waals surface area contributed by atoms with E-state index in [0.29, 0.717) is 16.4 Å². The fourth-order valence-corrected chi connectivity index (χ4v) is 1.68. The van der Waals surface area contributed by atoms with Crippen LogP contribution in [0.25, 0.3) is 11.2 Å². The van der Waals surface area contributed by atoms with Crippen molar-refractivity contribution in [2.24, 2.45) is 0 Å². The van der Waals surface area contributed by atoms with Crippen LogP contribution in [0.15, 0.2) is 11.4 Å². The number of nitrogens with two attached hydrogens (primary N) is 1. The van der Waals surface area contributed by atoms with E-state index >= 15 is 0 Å². The second-order valence-corrected chi connectivity index (χ2v) is 3.40. The summed E-state index contributed by atoms with van der Waals surface area (Å²) < 4.78 is 0. The molecule has 0 spiro atoms. The van der Waals surface area contributed by atoms with Crippen molar-refractivity contribution < 1.29 is 0 Å². The lowest BCUT2D eigenvalue weighted by Gasteiger charge is -1.98. The number of nitrogens with one attached hydrogen (secondary N) is 1. The summed E-state index contributed by atoms with van der Waals surface area (Å²) in [4.78, 5) is 14.8. The van der Waals surface area contributed by atoms with Gasteiger partial charge in [0, 0.05) is 0 Å². The van der Waals surface area contributed by atoms with Crippen molar-refractivity contribution in [3.8, 4) is 6.07 Å². The molecule has 14 heavy (non-hydrogen) atoms. The minimum Gasteiger partial charge on any atom is -0.368 e. The maximum Gasteiger partial charge on any atom is 0.223 e. The molecule has 0 aromatic carbocycles. The van der Waals surface area contributed by atoms with Crippen LogP contribution in [-0.2, 0) is 0 Å². The molecular weight excluding hydrogens is 200 g/mol. The van der Waals surface area contributed by atoms with Crippen LogP contribution in [0, 0.1) is 11.3 Å². The molecule has 3 N–H and O–H groups in total. The first-order valence-electron chi connectivity index (χ1n) is 3.77. The van der Waals surface area contributed by atoms with Crippen LogP contribution >= 0.6 is 11.8 Å². The van der Waals surface area contributed by atoms with Crippen LogP contribution in [-0.4, -0.2) is 25.7 Å². The summed E-state index contributed by atoms with van der Waals surface area (Å²) in [6.45, 7) is 0. The Bertz CT molecular complexity index is 498. The SMILES string of the molecule is N#CCSc1nc(N)nc2nc[nH]c12. The van der Waals surface area contributed by atoms with Gasteiger partial charge >= 0.3 is 0 Å². The van der Waals surface area contributed by atoms with E-state index in [-0.39, 0.29) is 5.95 Å². The summed E-state index contributed by atoms with van der Waals surface area (Å²) in [6.07, 6.45) is 1.52. The van der Waals surface area contributed by atoms with Crippen LogP contribution in [0.3, 0.4) is 0 Å². The van der Waals surface area contributed by atoms with Crippen molar-refractivity contribution in [1.29, 1.82) is 5.26 Å². The number of imidazole rings is 1. The maximum atomic E-state index is 8.45. The minimum atomic E-state index is 0.171. The third-order valence-corrected chi connectivity index (χ3v) is 2.39. The zero-order valence-corrected chi connectivity index (χ0v) is 7.88. The van der Waals surface area contributed by atoms with E-state index in [2.05, 4.69) is 19.9 Å². The van der Waals surface area contributed by atoms with Gasteiger partial charge in [-0.2, -0.15) is 10.2 Å². The van der Waals surface area contributed by atoms with E-state index in [1.54, 1.807) is 0 Å². The number of aromatic nitrogens is 4. The molecule has 0 saturated heterocycles. The predicted molar refractivity (Wildman–Crippen MR) is 52.4 cm³/mol. The van der Waals surface area contributed by atoms with Gasteiger partial charge in [0.2, 0.25) is 5.95 Å². The number of thioether (sulfide) groups is 1. The largest absolute Gasteiger partial charge is 0.368 e. The molecule has 0 bridgehead atoms. The van der Waals surface area contributed by atoms with Crippen molar-refractivity contribution in [2.75, 3.05) is 11.5 Å². The molecule has 0 unspecified atom stereocenters. The Hall–Kier alpha value is -1.81. The van der Waals surface area contributed by atoms with E-state index in [9.17, 15) is 0 Å². The Morgan fingerprint density at radius 2 is 2.43 bits per heavy atom. The highest BCUT2D eigenvalue weighted by molar-refractivity contribution is 7.99. The normalized spacial score (nSPS) is 10.2. The van der Waals surface area contributed by atoms with Crippen LogP contribution in [0.4, 0.5) is 5.95 Å². The van der Waals surface area contributed by atoms with E-state index in [1.807, 2.05) is 6.07 Å². The van der Waals surface area contributed by atoms with Gasteiger partial charge in [0.1, 0.15) is 10.5 Å². The second kappa shape index (κ2) is 3.51. The number of nitrogen functional groups attached to an aromatic ring is 1. The molecule has 0 aliphatic rings. The number of nitrogens with zero attached hydrogens (tertiary/aromatic N) is 4. The van der Waals surface area contributed by atoms with Crippen molar-refractivity contribution in [3.63, 3.8) is 0 Å². The number of fused-ring (bicyclic) bond motifs is 1. The summed E-state index contributed by atoms with van der Waals surface area (Å²) in [5.41, 5.74) is 6.73. The number of aromatic amines is 1. The first-order valence-corrected chi connectivity index (χ1v) is 4.76. The third kappa shape index (κ3) is 1.47. The first kappa shape index (κ1) is 8.77. The number of rotatable bonds is 2.